The molecule has 2 heterocycles. The number of nitrogens with zero attached hydrogens (tertiary/aromatic N) is 2. The lowest BCUT2D eigenvalue weighted by Crippen LogP contribution is -2.49. The fraction of sp³-hybridized carbons (Fsp3) is 0.625. The second-order valence-electron chi connectivity index (χ2n) is 6.53. The van der Waals surface area contributed by atoms with Gasteiger partial charge < -0.3 is 15.5 Å². The minimum atomic E-state index is -0.546. The standard InChI is InChI=1S/C16H22ClN5O3/c1-2-18-14(23)12-6-10(8-22(12)16(25)9-4-3-5-9)20-15(24)13-11(17)7-19-21-13/h7,9-10,12H,2-6,8H2,1H3,(H,18,23)(H,19,21)(H,20,24)/t10-,12+/m1/s1. The van der Waals surface area contributed by atoms with Crippen LogP contribution in [0.3, 0.4) is 0 Å². The number of rotatable bonds is 5. The summed E-state index contributed by atoms with van der Waals surface area (Å²) in [5, 5.41) is 12.1. The minimum absolute atomic E-state index is 0.00781. The van der Waals surface area contributed by atoms with E-state index in [1.165, 1.54) is 6.20 Å². The summed E-state index contributed by atoms with van der Waals surface area (Å²) in [7, 11) is 0. The summed E-state index contributed by atoms with van der Waals surface area (Å²) in [5.41, 5.74) is 0.181. The molecule has 1 saturated carbocycles. The zero-order chi connectivity index (χ0) is 18.0. The molecule has 0 bridgehead atoms. The van der Waals surface area contributed by atoms with E-state index in [9.17, 15) is 14.4 Å². The van der Waals surface area contributed by atoms with Crippen LogP contribution in [0, 0.1) is 5.92 Å². The number of halogens is 1. The Hall–Kier alpha value is -2.09. The van der Waals surface area contributed by atoms with Crippen molar-refractivity contribution in [2.45, 2.75) is 44.7 Å². The summed E-state index contributed by atoms with van der Waals surface area (Å²) in [4.78, 5) is 38.9. The predicted molar refractivity (Wildman–Crippen MR) is 91.0 cm³/mol. The number of H-pyrrole nitrogens is 1. The quantitative estimate of drug-likeness (QED) is 0.712. The van der Waals surface area contributed by atoms with Crippen molar-refractivity contribution in [3.63, 3.8) is 0 Å². The zero-order valence-corrected chi connectivity index (χ0v) is 14.8. The number of likely N-dealkylation sites (N-methyl/N-ethyl adjacent to an activating group) is 1. The van der Waals surface area contributed by atoms with Crippen molar-refractivity contribution >= 4 is 29.3 Å². The van der Waals surface area contributed by atoms with Crippen LogP contribution in [-0.2, 0) is 9.59 Å². The summed E-state index contributed by atoms with van der Waals surface area (Å²) in [6, 6.07) is -0.848. The Morgan fingerprint density at radius 3 is 2.72 bits per heavy atom. The largest absolute Gasteiger partial charge is 0.355 e. The SMILES string of the molecule is CCNC(=O)[C@@H]1C[C@@H](NC(=O)c2[nH]ncc2Cl)CN1C(=O)C1CCC1. The summed E-state index contributed by atoms with van der Waals surface area (Å²) in [6.45, 7) is 2.67. The highest BCUT2D eigenvalue weighted by molar-refractivity contribution is 6.33. The Morgan fingerprint density at radius 2 is 2.16 bits per heavy atom. The molecule has 136 valence electrons. The van der Waals surface area contributed by atoms with E-state index >= 15 is 0 Å². The number of hydrogen-bond acceptors (Lipinski definition) is 4. The van der Waals surface area contributed by atoms with Gasteiger partial charge in [0, 0.05) is 25.0 Å². The summed E-state index contributed by atoms with van der Waals surface area (Å²) >= 11 is 5.90. The molecule has 8 nitrogen and oxygen atoms in total. The Balaban J connectivity index is 1.69. The van der Waals surface area contributed by atoms with E-state index in [0.29, 0.717) is 19.5 Å². The van der Waals surface area contributed by atoms with Crippen molar-refractivity contribution < 1.29 is 14.4 Å². The first-order valence-electron chi connectivity index (χ1n) is 8.59. The molecule has 9 heteroatoms. The van der Waals surface area contributed by atoms with Crippen molar-refractivity contribution in [2.75, 3.05) is 13.1 Å². The van der Waals surface area contributed by atoms with E-state index in [-0.39, 0.29) is 40.4 Å². The lowest BCUT2D eigenvalue weighted by Gasteiger charge is -2.32. The molecule has 1 aromatic rings. The monoisotopic (exact) mass is 367 g/mol. The maximum Gasteiger partial charge on any atom is 0.271 e. The van der Waals surface area contributed by atoms with E-state index in [2.05, 4.69) is 20.8 Å². The molecule has 25 heavy (non-hydrogen) atoms. The van der Waals surface area contributed by atoms with Gasteiger partial charge >= 0.3 is 0 Å². The molecule has 0 unspecified atom stereocenters. The Labute approximate surface area is 150 Å². The van der Waals surface area contributed by atoms with Crippen LogP contribution in [-0.4, -0.2) is 58.0 Å². The molecule has 1 aromatic heterocycles. The molecule has 0 radical (unpaired) electrons. The predicted octanol–water partition coefficient (Wildman–Crippen LogP) is 0.699. The van der Waals surface area contributed by atoms with Gasteiger partial charge in [-0.1, -0.05) is 18.0 Å². The van der Waals surface area contributed by atoms with E-state index in [1.807, 2.05) is 6.92 Å². The molecule has 3 N–H and O–H groups in total. The van der Waals surface area contributed by atoms with Gasteiger partial charge in [0.05, 0.1) is 11.2 Å². The lowest BCUT2D eigenvalue weighted by molar-refractivity contribution is -0.143. The first-order chi connectivity index (χ1) is 12.0. The van der Waals surface area contributed by atoms with Gasteiger partial charge in [-0.2, -0.15) is 5.10 Å². The Bertz CT molecular complexity index is 672. The van der Waals surface area contributed by atoms with Crippen LogP contribution in [0.25, 0.3) is 0 Å². The minimum Gasteiger partial charge on any atom is -0.355 e. The molecular weight excluding hydrogens is 346 g/mol. The molecule has 3 amide bonds. The number of carbonyl (C=O) groups is 3. The third-order valence-corrected chi connectivity index (χ3v) is 5.13. The highest BCUT2D eigenvalue weighted by Gasteiger charge is 2.43. The average Bonchev–Trinajstić information content (AvgIpc) is 3.12. The van der Waals surface area contributed by atoms with Crippen molar-refractivity contribution in [3.05, 3.63) is 16.9 Å². The second-order valence-corrected chi connectivity index (χ2v) is 6.94. The van der Waals surface area contributed by atoms with Gasteiger partial charge in [-0.25, -0.2) is 0 Å². The summed E-state index contributed by atoms with van der Waals surface area (Å²) < 4.78 is 0. The fourth-order valence-corrected chi connectivity index (χ4v) is 3.48. The van der Waals surface area contributed by atoms with Crippen LogP contribution >= 0.6 is 11.6 Å². The number of carbonyl (C=O) groups excluding carboxylic acids is 3. The number of amides is 3. The molecule has 1 aliphatic heterocycles. The van der Waals surface area contributed by atoms with Crippen molar-refractivity contribution in [1.29, 1.82) is 0 Å². The topological polar surface area (TPSA) is 107 Å². The highest BCUT2D eigenvalue weighted by atomic mass is 35.5. The number of hydrogen-bond donors (Lipinski definition) is 3. The fourth-order valence-electron chi connectivity index (χ4n) is 3.30. The smallest absolute Gasteiger partial charge is 0.271 e. The molecule has 2 aliphatic rings. The van der Waals surface area contributed by atoms with Crippen molar-refractivity contribution in [2.24, 2.45) is 5.92 Å². The van der Waals surface area contributed by atoms with Crippen LogP contribution in [0.1, 0.15) is 43.1 Å². The van der Waals surface area contributed by atoms with Gasteiger partial charge in [0.2, 0.25) is 11.8 Å². The Kier molecular flexibility index (Phi) is 5.27. The third kappa shape index (κ3) is 3.63. The van der Waals surface area contributed by atoms with Crippen molar-refractivity contribution in [1.82, 2.24) is 25.7 Å². The van der Waals surface area contributed by atoms with E-state index in [1.54, 1.807) is 4.90 Å². The number of aromatic amines is 1. The zero-order valence-electron chi connectivity index (χ0n) is 14.0. The second kappa shape index (κ2) is 7.43. The molecule has 1 saturated heterocycles. The first kappa shape index (κ1) is 17.7. The lowest BCUT2D eigenvalue weighted by atomic mass is 9.84. The molecular formula is C16H22ClN5O3. The third-order valence-electron chi connectivity index (χ3n) is 4.85. The van der Waals surface area contributed by atoms with Gasteiger partial charge in [-0.15, -0.1) is 0 Å². The van der Waals surface area contributed by atoms with Crippen LogP contribution in [0.5, 0.6) is 0 Å². The van der Waals surface area contributed by atoms with E-state index in [0.717, 1.165) is 19.3 Å². The maximum absolute atomic E-state index is 12.7. The molecule has 2 fully saturated rings. The number of likely N-dealkylation sites (tertiary alicyclic amines) is 1. The van der Waals surface area contributed by atoms with Gasteiger partial charge in [-0.05, 0) is 26.2 Å². The summed E-state index contributed by atoms with van der Waals surface area (Å²) in [6.07, 6.45) is 4.54. The normalized spacial score (nSPS) is 23.2. The van der Waals surface area contributed by atoms with Gasteiger partial charge in [-0.3, -0.25) is 19.5 Å². The maximum atomic E-state index is 12.7. The molecule has 1 aliphatic carbocycles. The van der Waals surface area contributed by atoms with Gasteiger partial charge in [0.1, 0.15) is 11.7 Å². The van der Waals surface area contributed by atoms with Crippen LogP contribution in [0.2, 0.25) is 5.02 Å². The molecule has 0 aromatic carbocycles. The molecule has 2 atom stereocenters. The summed E-state index contributed by atoms with van der Waals surface area (Å²) in [5.74, 6) is -0.543. The molecule has 0 spiro atoms. The first-order valence-corrected chi connectivity index (χ1v) is 8.97. The van der Waals surface area contributed by atoms with Crippen LogP contribution < -0.4 is 10.6 Å². The Morgan fingerprint density at radius 1 is 1.40 bits per heavy atom. The van der Waals surface area contributed by atoms with E-state index < -0.39 is 6.04 Å². The average molecular weight is 368 g/mol. The highest BCUT2D eigenvalue weighted by Crippen LogP contribution is 2.31. The van der Waals surface area contributed by atoms with Gasteiger partial charge in [0.25, 0.3) is 5.91 Å². The number of nitrogens with one attached hydrogen (secondary N) is 3. The van der Waals surface area contributed by atoms with Crippen molar-refractivity contribution in [3.8, 4) is 0 Å². The van der Waals surface area contributed by atoms with Crippen LogP contribution in [0.15, 0.2) is 6.20 Å². The van der Waals surface area contributed by atoms with E-state index in [4.69, 9.17) is 11.6 Å². The molecule has 3 rings (SSSR count). The number of aromatic nitrogens is 2. The van der Waals surface area contributed by atoms with Crippen LogP contribution in [0.4, 0.5) is 0 Å². The van der Waals surface area contributed by atoms with Gasteiger partial charge in [0.15, 0.2) is 0 Å².